The zero-order valence-electron chi connectivity index (χ0n) is 16.6. The van der Waals surface area contributed by atoms with Crippen molar-refractivity contribution in [3.05, 3.63) is 47.0 Å². The number of carbonyl (C=O) groups is 1. The molecule has 6 nitrogen and oxygen atoms in total. The summed E-state index contributed by atoms with van der Waals surface area (Å²) in [6.45, 7) is 5.53. The number of carbonyl (C=O) groups excluding carboxylic acids is 1. The molecule has 0 spiro atoms. The van der Waals surface area contributed by atoms with Crippen LogP contribution in [0.1, 0.15) is 47.1 Å². The third kappa shape index (κ3) is 4.25. The van der Waals surface area contributed by atoms with E-state index in [9.17, 15) is 4.79 Å². The lowest BCUT2D eigenvalue weighted by Gasteiger charge is -2.27. The Kier molecular flexibility index (Phi) is 6.32. The normalized spacial score (nSPS) is 19.5. The first-order valence-electron chi connectivity index (χ1n) is 10.3. The Balaban J connectivity index is 1.51. The Morgan fingerprint density at radius 2 is 2.21 bits per heavy atom. The highest BCUT2D eigenvalue weighted by Gasteiger charge is 2.31. The van der Waals surface area contributed by atoms with Gasteiger partial charge in [-0.25, -0.2) is 0 Å². The summed E-state index contributed by atoms with van der Waals surface area (Å²) in [4.78, 5) is 19.4. The number of hydrogen-bond acceptors (Lipinski definition) is 5. The maximum atomic E-state index is 13.2. The molecule has 1 N–H and O–H groups in total. The van der Waals surface area contributed by atoms with Gasteiger partial charge in [-0.1, -0.05) is 13.0 Å². The van der Waals surface area contributed by atoms with Gasteiger partial charge in [-0.2, -0.15) is 16.9 Å². The summed E-state index contributed by atoms with van der Waals surface area (Å²) < 4.78 is 2.10. The van der Waals surface area contributed by atoms with Gasteiger partial charge >= 0.3 is 0 Å². The molecule has 0 bridgehead atoms. The molecule has 1 aliphatic carbocycles. The van der Waals surface area contributed by atoms with Crippen LogP contribution in [-0.4, -0.2) is 56.2 Å². The first kappa shape index (κ1) is 19.5. The molecular weight excluding hydrogens is 370 g/mol. The average Bonchev–Trinajstić information content (AvgIpc) is 3.11. The zero-order valence-corrected chi connectivity index (χ0v) is 17.4. The Labute approximate surface area is 171 Å². The number of nitrogens with zero attached hydrogens (tertiary/aromatic N) is 4. The molecular formula is C21H29N5OS. The molecule has 3 heterocycles. The van der Waals surface area contributed by atoms with Crippen molar-refractivity contribution in [3.8, 4) is 0 Å². The van der Waals surface area contributed by atoms with E-state index in [0.717, 1.165) is 63.4 Å². The summed E-state index contributed by atoms with van der Waals surface area (Å²) in [5.74, 6) is 2.18. The molecule has 2 aromatic heterocycles. The van der Waals surface area contributed by atoms with Crippen LogP contribution in [0.15, 0.2) is 24.5 Å². The first-order chi connectivity index (χ1) is 13.8. The standard InChI is InChI=1S/C21H29N5OS/c1-2-8-26-19-6-5-17(23-15-16-4-3-7-22-14-16)13-18(19)20(24-26)21(27)25-9-11-28-12-10-25/h3-4,7,14,17,23H,2,5-6,8-13,15H2,1H3. The fourth-order valence-electron chi connectivity index (χ4n) is 4.11. The van der Waals surface area contributed by atoms with Gasteiger partial charge in [0.2, 0.25) is 0 Å². The third-order valence-electron chi connectivity index (χ3n) is 5.60. The highest BCUT2D eigenvalue weighted by atomic mass is 32.2. The highest BCUT2D eigenvalue weighted by molar-refractivity contribution is 7.99. The molecule has 7 heteroatoms. The van der Waals surface area contributed by atoms with Crippen molar-refractivity contribution in [2.45, 2.75) is 51.7 Å². The van der Waals surface area contributed by atoms with Crippen molar-refractivity contribution in [3.63, 3.8) is 0 Å². The maximum Gasteiger partial charge on any atom is 0.274 e. The number of thioether (sulfide) groups is 1. The quantitative estimate of drug-likeness (QED) is 0.809. The lowest BCUT2D eigenvalue weighted by Crippen LogP contribution is -2.39. The molecule has 1 amide bonds. The number of aryl methyl sites for hydroxylation is 1. The summed E-state index contributed by atoms with van der Waals surface area (Å²) in [6.07, 6.45) is 7.68. The molecule has 2 aliphatic rings. The SMILES string of the molecule is CCCn1nc(C(=O)N2CCSCC2)c2c1CCC(NCc1cccnc1)C2. The van der Waals surface area contributed by atoms with Gasteiger partial charge in [0.25, 0.3) is 5.91 Å². The van der Waals surface area contributed by atoms with E-state index in [4.69, 9.17) is 5.10 Å². The molecule has 1 saturated heterocycles. The van der Waals surface area contributed by atoms with E-state index in [-0.39, 0.29) is 5.91 Å². The van der Waals surface area contributed by atoms with E-state index in [2.05, 4.69) is 28.0 Å². The summed E-state index contributed by atoms with van der Waals surface area (Å²) in [5, 5.41) is 8.45. The summed E-state index contributed by atoms with van der Waals surface area (Å²) >= 11 is 1.92. The Bertz CT molecular complexity index is 801. The van der Waals surface area contributed by atoms with Crippen LogP contribution in [0.3, 0.4) is 0 Å². The van der Waals surface area contributed by atoms with Crippen molar-refractivity contribution in [1.82, 2.24) is 25.0 Å². The van der Waals surface area contributed by atoms with Gasteiger partial charge in [0.05, 0.1) is 0 Å². The van der Waals surface area contributed by atoms with Gasteiger partial charge in [-0.15, -0.1) is 0 Å². The second kappa shape index (κ2) is 9.09. The molecule has 150 valence electrons. The molecule has 1 atom stereocenters. The van der Waals surface area contributed by atoms with Crippen LogP contribution in [0.5, 0.6) is 0 Å². The van der Waals surface area contributed by atoms with Crippen molar-refractivity contribution in [2.24, 2.45) is 0 Å². The van der Waals surface area contributed by atoms with Gasteiger partial charge in [-0.3, -0.25) is 14.5 Å². The molecule has 2 aromatic rings. The maximum absolute atomic E-state index is 13.2. The highest BCUT2D eigenvalue weighted by Crippen LogP contribution is 2.27. The van der Waals surface area contributed by atoms with Crippen molar-refractivity contribution >= 4 is 17.7 Å². The fourth-order valence-corrected chi connectivity index (χ4v) is 5.01. The van der Waals surface area contributed by atoms with Gasteiger partial charge < -0.3 is 10.2 Å². The number of hydrogen-bond donors (Lipinski definition) is 1. The predicted molar refractivity (Wildman–Crippen MR) is 113 cm³/mol. The third-order valence-corrected chi connectivity index (χ3v) is 6.54. The van der Waals surface area contributed by atoms with E-state index < -0.39 is 0 Å². The van der Waals surface area contributed by atoms with Crippen molar-refractivity contribution in [2.75, 3.05) is 24.6 Å². The second-order valence-corrected chi connectivity index (χ2v) is 8.81. The van der Waals surface area contributed by atoms with Gasteiger partial charge in [0, 0.05) is 67.4 Å². The summed E-state index contributed by atoms with van der Waals surface area (Å²) in [5.41, 5.74) is 4.34. The second-order valence-electron chi connectivity index (χ2n) is 7.58. The number of aromatic nitrogens is 3. The van der Waals surface area contributed by atoms with Crippen molar-refractivity contribution in [1.29, 1.82) is 0 Å². The zero-order chi connectivity index (χ0) is 19.3. The minimum absolute atomic E-state index is 0.124. The average molecular weight is 400 g/mol. The van der Waals surface area contributed by atoms with Crippen LogP contribution < -0.4 is 5.32 Å². The topological polar surface area (TPSA) is 63.1 Å². The van der Waals surface area contributed by atoms with Crippen molar-refractivity contribution < 1.29 is 4.79 Å². The molecule has 0 radical (unpaired) electrons. The van der Waals surface area contributed by atoms with Crippen LogP contribution in [0, 0.1) is 0 Å². The molecule has 0 aromatic carbocycles. The summed E-state index contributed by atoms with van der Waals surface area (Å²) in [6, 6.07) is 4.44. The predicted octanol–water partition coefficient (Wildman–Crippen LogP) is 2.52. The Hall–Kier alpha value is -1.86. The monoisotopic (exact) mass is 399 g/mol. The van der Waals surface area contributed by atoms with Gasteiger partial charge in [0.15, 0.2) is 5.69 Å². The molecule has 1 fully saturated rings. The molecule has 4 rings (SSSR count). The Morgan fingerprint density at radius 1 is 1.36 bits per heavy atom. The number of rotatable bonds is 6. The molecule has 1 aliphatic heterocycles. The fraction of sp³-hybridized carbons (Fsp3) is 0.571. The lowest BCUT2D eigenvalue weighted by atomic mass is 9.91. The van der Waals surface area contributed by atoms with Crippen LogP contribution in [0.2, 0.25) is 0 Å². The van der Waals surface area contributed by atoms with E-state index in [1.807, 2.05) is 28.9 Å². The first-order valence-corrected chi connectivity index (χ1v) is 11.5. The van der Waals surface area contributed by atoms with E-state index in [1.165, 1.54) is 16.8 Å². The van der Waals surface area contributed by atoms with E-state index in [0.29, 0.717) is 11.7 Å². The summed E-state index contributed by atoms with van der Waals surface area (Å²) in [7, 11) is 0. The number of fused-ring (bicyclic) bond motifs is 1. The van der Waals surface area contributed by atoms with E-state index >= 15 is 0 Å². The smallest absolute Gasteiger partial charge is 0.274 e. The van der Waals surface area contributed by atoms with Crippen LogP contribution in [-0.2, 0) is 25.9 Å². The molecule has 1 unspecified atom stereocenters. The molecule has 0 saturated carbocycles. The van der Waals surface area contributed by atoms with Crippen LogP contribution in [0.25, 0.3) is 0 Å². The lowest BCUT2D eigenvalue weighted by molar-refractivity contribution is 0.0764. The number of amides is 1. The Morgan fingerprint density at radius 3 is 2.96 bits per heavy atom. The van der Waals surface area contributed by atoms with Gasteiger partial charge in [-0.05, 0) is 37.3 Å². The van der Waals surface area contributed by atoms with E-state index in [1.54, 1.807) is 6.20 Å². The minimum Gasteiger partial charge on any atom is -0.336 e. The van der Waals surface area contributed by atoms with Crippen LogP contribution >= 0.6 is 11.8 Å². The molecule has 28 heavy (non-hydrogen) atoms. The minimum atomic E-state index is 0.124. The number of nitrogens with one attached hydrogen (secondary N) is 1. The van der Waals surface area contributed by atoms with Gasteiger partial charge in [0.1, 0.15) is 0 Å². The largest absolute Gasteiger partial charge is 0.336 e. The van der Waals surface area contributed by atoms with Crippen LogP contribution in [0.4, 0.5) is 0 Å². The number of pyridine rings is 1.